The average Bonchev–Trinajstić information content (AvgIpc) is 3.63. The molecule has 2 unspecified atom stereocenters. The molecule has 3 aliphatic rings. The van der Waals surface area contributed by atoms with Gasteiger partial charge in [-0.25, -0.2) is 0 Å². The molecule has 0 fully saturated rings. The molecule has 0 aliphatic heterocycles. The zero-order chi connectivity index (χ0) is 54.2. The van der Waals surface area contributed by atoms with Crippen LogP contribution in [0.4, 0.5) is 34.1 Å². The van der Waals surface area contributed by atoms with Crippen molar-refractivity contribution in [2.45, 2.75) is 37.6 Å². The van der Waals surface area contributed by atoms with E-state index in [2.05, 4.69) is 330 Å². The zero-order valence-electron chi connectivity index (χ0n) is 45.3. The van der Waals surface area contributed by atoms with Crippen molar-refractivity contribution >= 4 is 45.3 Å². The van der Waals surface area contributed by atoms with Crippen LogP contribution in [-0.4, -0.2) is 6.04 Å². The van der Waals surface area contributed by atoms with Gasteiger partial charge >= 0.3 is 0 Å². The Morgan fingerprint density at radius 1 is 0.370 bits per heavy atom. The standard InChI is InChI=1S/C78H61N3/c1-7-19-58(20-8-1)68-47-56-78(77(57-68)67-21-9-2-10-22-67)81(75-52-43-65(44-53-75)61-35-31-59(32-36-61)63-39-48-73(49-40-63)79(69-23-11-3-12-24-69)70-25-13-4-14-26-70)76-54-45-66(46-55-76)62-37-33-60(34-38-62)64-41-50-74(51-42-64)80(71-27-15-5-16-28-71)72-29-17-6-18-30-72/h2-7,9-29,31-39,41-46,48,50-57,68,72H,30,40,47,49H2. The first-order valence-corrected chi connectivity index (χ1v) is 28.3. The van der Waals surface area contributed by atoms with Crippen molar-refractivity contribution in [3.05, 3.63) is 350 Å². The van der Waals surface area contributed by atoms with Gasteiger partial charge in [-0.05, 0) is 178 Å². The van der Waals surface area contributed by atoms with Crippen LogP contribution in [0.1, 0.15) is 48.3 Å². The lowest BCUT2D eigenvalue weighted by Crippen LogP contribution is -2.29. The van der Waals surface area contributed by atoms with Gasteiger partial charge in [-0.15, -0.1) is 0 Å². The van der Waals surface area contributed by atoms with Crippen molar-refractivity contribution in [1.82, 2.24) is 0 Å². The average molecular weight is 1040 g/mol. The molecule has 0 amide bonds. The first-order valence-electron chi connectivity index (χ1n) is 28.3. The molecule has 10 aromatic rings. The molecule has 0 N–H and O–H groups in total. The van der Waals surface area contributed by atoms with E-state index in [9.17, 15) is 0 Å². The number of hydrogen-bond acceptors (Lipinski definition) is 3. The Morgan fingerprint density at radius 3 is 1.32 bits per heavy atom. The summed E-state index contributed by atoms with van der Waals surface area (Å²) in [7, 11) is 0. The summed E-state index contributed by atoms with van der Waals surface area (Å²) in [4.78, 5) is 7.26. The quantitative estimate of drug-likeness (QED) is 0.101. The van der Waals surface area contributed by atoms with E-state index in [-0.39, 0.29) is 12.0 Å². The summed E-state index contributed by atoms with van der Waals surface area (Å²) in [5.41, 5.74) is 22.7. The molecule has 0 saturated carbocycles. The Labute approximate surface area is 478 Å². The minimum absolute atomic E-state index is 0.214. The molecule has 3 nitrogen and oxygen atoms in total. The first-order chi connectivity index (χ1) is 40.2. The lowest BCUT2D eigenvalue weighted by molar-refractivity contribution is 0.785. The van der Waals surface area contributed by atoms with Gasteiger partial charge in [0.2, 0.25) is 0 Å². The van der Waals surface area contributed by atoms with Gasteiger partial charge in [0.25, 0.3) is 0 Å². The molecule has 13 rings (SSSR count). The van der Waals surface area contributed by atoms with Gasteiger partial charge in [0.1, 0.15) is 0 Å². The van der Waals surface area contributed by atoms with Crippen molar-refractivity contribution in [2.75, 3.05) is 14.7 Å². The molecule has 0 heterocycles. The highest BCUT2D eigenvalue weighted by atomic mass is 15.2. The van der Waals surface area contributed by atoms with E-state index >= 15 is 0 Å². The van der Waals surface area contributed by atoms with Crippen LogP contribution in [0.15, 0.2) is 321 Å². The van der Waals surface area contributed by atoms with E-state index in [4.69, 9.17) is 0 Å². The summed E-state index contributed by atoms with van der Waals surface area (Å²) < 4.78 is 0. The summed E-state index contributed by atoms with van der Waals surface area (Å²) in [6, 6.07) is 101. The van der Waals surface area contributed by atoms with Crippen molar-refractivity contribution in [3.63, 3.8) is 0 Å². The summed E-state index contributed by atoms with van der Waals surface area (Å²) in [5, 5.41) is 0. The fourth-order valence-corrected chi connectivity index (χ4v) is 11.7. The fourth-order valence-electron chi connectivity index (χ4n) is 11.7. The van der Waals surface area contributed by atoms with E-state index in [1.807, 2.05) is 6.07 Å². The molecular weight excluding hydrogens is 979 g/mol. The van der Waals surface area contributed by atoms with Crippen LogP contribution in [0.5, 0.6) is 0 Å². The Kier molecular flexibility index (Phi) is 14.6. The molecule has 0 bridgehead atoms. The molecule has 3 heteroatoms. The highest BCUT2D eigenvalue weighted by Gasteiger charge is 2.26. The molecule has 10 aromatic carbocycles. The molecular formula is C78H61N3. The molecule has 2 atom stereocenters. The smallest absolute Gasteiger partial charge is 0.0559 e. The lowest BCUT2D eigenvalue weighted by Gasteiger charge is -2.33. The highest BCUT2D eigenvalue weighted by Crippen LogP contribution is 2.44. The Balaban J connectivity index is 0.777. The van der Waals surface area contributed by atoms with Crippen LogP contribution in [0, 0.1) is 12.1 Å². The minimum Gasteiger partial charge on any atom is -0.334 e. The normalized spacial score (nSPS) is 15.6. The first kappa shape index (κ1) is 50.4. The van der Waals surface area contributed by atoms with Gasteiger partial charge in [-0.3, -0.25) is 0 Å². The van der Waals surface area contributed by atoms with Gasteiger partial charge in [-0.2, -0.15) is 0 Å². The van der Waals surface area contributed by atoms with Crippen molar-refractivity contribution in [2.24, 2.45) is 0 Å². The number of benzene rings is 9. The van der Waals surface area contributed by atoms with Gasteiger partial charge in [-0.1, -0.05) is 225 Å². The van der Waals surface area contributed by atoms with E-state index in [1.165, 1.54) is 89.7 Å². The number of para-hydroxylation sites is 3. The highest BCUT2D eigenvalue weighted by molar-refractivity contribution is 5.90. The largest absolute Gasteiger partial charge is 0.334 e. The third-order valence-electron chi connectivity index (χ3n) is 15.9. The van der Waals surface area contributed by atoms with Crippen molar-refractivity contribution in [1.29, 1.82) is 0 Å². The SMILES string of the molecule is c1ccc(C2C=C(c3ccccc3)C(N(c3ccc(-c4ccc(C5=CC=C(N(c6ccccc6)c6ccccc6)CC5)cc4)cc3)c3ccc(-c4ccc(-c5ccc(N(c6ccccc6)C6C=CC=CC6)cc5)cc4)cc3)=CC2)cc#1. The van der Waals surface area contributed by atoms with Crippen molar-refractivity contribution < 1.29 is 0 Å². The lowest BCUT2D eigenvalue weighted by atomic mass is 9.85. The maximum atomic E-state index is 3.21. The maximum Gasteiger partial charge on any atom is 0.0559 e. The summed E-state index contributed by atoms with van der Waals surface area (Å²) >= 11 is 0. The van der Waals surface area contributed by atoms with Crippen LogP contribution >= 0.6 is 0 Å². The van der Waals surface area contributed by atoms with E-state index in [0.717, 1.165) is 42.8 Å². The van der Waals surface area contributed by atoms with Gasteiger partial charge in [0.15, 0.2) is 0 Å². The van der Waals surface area contributed by atoms with Crippen LogP contribution in [0.3, 0.4) is 0 Å². The summed E-state index contributed by atoms with van der Waals surface area (Å²) in [6.45, 7) is 0. The van der Waals surface area contributed by atoms with E-state index in [1.54, 1.807) is 0 Å². The molecule has 0 aromatic heterocycles. The molecule has 0 saturated heterocycles. The third kappa shape index (κ3) is 11.0. The second-order valence-corrected chi connectivity index (χ2v) is 21.0. The van der Waals surface area contributed by atoms with Gasteiger partial charge in [0.05, 0.1) is 6.04 Å². The monoisotopic (exact) mass is 1040 g/mol. The summed E-state index contributed by atoms with van der Waals surface area (Å²) in [5.74, 6) is 0.214. The molecule has 81 heavy (non-hydrogen) atoms. The van der Waals surface area contributed by atoms with Gasteiger partial charge < -0.3 is 14.7 Å². The number of hydrogen-bond donors (Lipinski definition) is 0. The third-order valence-corrected chi connectivity index (χ3v) is 15.9. The second-order valence-electron chi connectivity index (χ2n) is 21.0. The molecule has 0 radical (unpaired) electrons. The molecule has 388 valence electrons. The van der Waals surface area contributed by atoms with Crippen LogP contribution < -0.4 is 14.7 Å². The van der Waals surface area contributed by atoms with E-state index < -0.39 is 0 Å². The summed E-state index contributed by atoms with van der Waals surface area (Å²) in [6.07, 6.45) is 22.1. The number of anilines is 6. The second kappa shape index (κ2) is 23.4. The Bertz CT molecular complexity index is 3880. The number of nitrogens with zero attached hydrogens (tertiary/aromatic N) is 3. The maximum absolute atomic E-state index is 3.21. The minimum atomic E-state index is 0.214. The molecule has 0 spiro atoms. The Hall–Kier alpha value is -10.1. The zero-order valence-corrected chi connectivity index (χ0v) is 45.3. The van der Waals surface area contributed by atoms with Crippen molar-refractivity contribution in [3.8, 4) is 33.4 Å². The predicted octanol–water partition coefficient (Wildman–Crippen LogP) is 20.5. The number of allylic oxidation sites excluding steroid dienone is 9. The Morgan fingerprint density at radius 2 is 0.840 bits per heavy atom. The molecule has 3 aliphatic carbocycles. The van der Waals surface area contributed by atoms with Gasteiger partial charge in [0, 0.05) is 57.0 Å². The topological polar surface area (TPSA) is 9.72 Å². The van der Waals surface area contributed by atoms with E-state index in [0.29, 0.717) is 0 Å². The fraction of sp³-hybridized carbons (Fsp3) is 0.0769. The van der Waals surface area contributed by atoms with Crippen LogP contribution in [-0.2, 0) is 0 Å². The predicted molar refractivity (Wildman–Crippen MR) is 341 cm³/mol. The number of rotatable bonds is 15. The van der Waals surface area contributed by atoms with Crippen LogP contribution in [0.2, 0.25) is 0 Å². The van der Waals surface area contributed by atoms with Crippen LogP contribution in [0.25, 0.3) is 44.5 Å².